The molecule has 1 amide bonds. The summed E-state index contributed by atoms with van der Waals surface area (Å²) in [6.07, 6.45) is -0.587. The van der Waals surface area contributed by atoms with E-state index in [0.717, 1.165) is 11.1 Å². The molecule has 0 fully saturated rings. The molecule has 1 aromatic carbocycles. The number of carboxylic acid groups (broad SMARTS) is 1. The molecule has 0 saturated carbocycles. The molecule has 5 nitrogen and oxygen atoms in total. The molecule has 0 aliphatic rings. The molecule has 1 aromatic rings. The Labute approximate surface area is 112 Å². The second-order valence-electron chi connectivity index (χ2n) is 5.31. The zero-order valence-corrected chi connectivity index (χ0v) is 11.6. The molecule has 19 heavy (non-hydrogen) atoms. The first-order valence-electron chi connectivity index (χ1n) is 5.94. The number of nitrogens with one attached hydrogen (secondary N) is 1. The predicted molar refractivity (Wildman–Crippen MR) is 72.5 cm³/mol. The van der Waals surface area contributed by atoms with E-state index in [0.29, 0.717) is 5.69 Å². The number of anilines is 1. The maximum Gasteiger partial charge on any atom is 0.411 e. The van der Waals surface area contributed by atoms with Gasteiger partial charge in [0.25, 0.3) is 0 Å². The van der Waals surface area contributed by atoms with Gasteiger partial charge in [-0.25, -0.2) is 4.79 Å². The van der Waals surface area contributed by atoms with Crippen molar-refractivity contribution in [2.45, 2.75) is 32.6 Å². The summed E-state index contributed by atoms with van der Waals surface area (Å²) >= 11 is 0. The van der Waals surface area contributed by atoms with Crippen LogP contribution in [-0.2, 0) is 21.4 Å². The van der Waals surface area contributed by atoms with E-state index < -0.39 is 12.1 Å². The molecule has 0 aliphatic carbocycles. The third-order valence-corrected chi connectivity index (χ3v) is 2.69. The average Bonchev–Trinajstić information content (AvgIpc) is 2.28. The summed E-state index contributed by atoms with van der Waals surface area (Å²) < 4.78 is 4.53. The maximum atomic E-state index is 11.2. The normalized spacial score (nSPS) is 10.9. The maximum absolute atomic E-state index is 11.2. The summed E-state index contributed by atoms with van der Waals surface area (Å²) in [7, 11) is 1.29. The number of carbonyl (C=O) groups is 2. The molecule has 0 heterocycles. The van der Waals surface area contributed by atoms with E-state index in [1.54, 1.807) is 18.2 Å². The molecule has 0 bridgehead atoms. The highest BCUT2D eigenvalue weighted by atomic mass is 16.5. The average molecular weight is 265 g/mol. The van der Waals surface area contributed by atoms with Crippen molar-refractivity contribution >= 4 is 17.7 Å². The molecule has 5 heteroatoms. The van der Waals surface area contributed by atoms with Gasteiger partial charge in [-0.1, -0.05) is 26.8 Å². The van der Waals surface area contributed by atoms with Crippen molar-refractivity contribution in [2.75, 3.05) is 12.4 Å². The molecular weight excluding hydrogens is 246 g/mol. The number of rotatable bonds is 3. The lowest BCUT2D eigenvalue weighted by molar-refractivity contribution is -0.136. The largest absolute Gasteiger partial charge is 0.481 e. The van der Waals surface area contributed by atoms with Crippen LogP contribution in [0.2, 0.25) is 0 Å². The number of amides is 1. The van der Waals surface area contributed by atoms with Crippen molar-refractivity contribution in [2.24, 2.45) is 0 Å². The minimum Gasteiger partial charge on any atom is -0.481 e. The van der Waals surface area contributed by atoms with Crippen LogP contribution in [0.4, 0.5) is 10.5 Å². The molecule has 104 valence electrons. The Morgan fingerprint density at radius 1 is 1.32 bits per heavy atom. The summed E-state index contributed by atoms with van der Waals surface area (Å²) in [6, 6.07) is 5.18. The van der Waals surface area contributed by atoms with Crippen molar-refractivity contribution in [1.82, 2.24) is 0 Å². The summed E-state index contributed by atoms with van der Waals surface area (Å²) in [5, 5.41) is 11.5. The fraction of sp³-hybridized carbons (Fsp3) is 0.429. The quantitative estimate of drug-likeness (QED) is 0.881. The molecule has 0 radical (unpaired) electrons. The third-order valence-electron chi connectivity index (χ3n) is 2.69. The van der Waals surface area contributed by atoms with E-state index in [-0.39, 0.29) is 11.8 Å². The van der Waals surface area contributed by atoms with E-state index in [1.807, 2.05) is 20.8 Å². The second-order valence-corrected chi connectivity index (χ2v) is 5.31. The van der Waals surface area contributed by atoms with E-state index in [9.17, 15) is 9.59 Å². The van der Waals surface area contributed by atoms with Gasteiger partial charge in [-0.05, 0) is 28.7 Å². The Morgan fingerprint density at radius 2 is 1.95 bits per heavy atom. The monoisotopic (exact) mass is 265 g/mol. The summed E-state index contributed by atoms with van der Waals surface area (Å²) in [5.41, 5.74) is 2.02. The number of hydrogen-bond acceptors (Lipinski definition) is 3. The number of methoxy groups -OCH3 is 1. The van der Waals surface area contributed by atoms with Crippen LogP contribution in [0.15, 0.2) is 18.2 Å². The summed E-state index contributed by atoms with van der Waals surface area (Å²) in [5.74, 6) is -0.876. The van der Waals surface area contributed by atoms with Crippen LogP contribution in [0.3, 0.4) is 0 Å². The zero-order valence-electron chi connectivity index (χ0n) is 11.6. The lowest BCUT2D eigenvalue weighted by Gasteiger charge is -2.23. The minimum absolute atomic E-state index is 0.0366. The molecule has 2 N–H and O–H groups in total. The molecule has 0 aliphatic heterocycles. The van der Waals surface area contributed by atoms with Gasteiger partial charge in [-0.3, -0.25) is 10.1 Å². The van der Waals surface area contributed by atoms with E-state index >= 15 is 0 Å². The van der Waals surface area contributed by atoms with Gasteiger partial charge in [-0.2, -0.15) is 0 Å². The van der Waals surface area contributed by atoms with Gasteiger partial charge >= 0.3 is 12.1 Å². The number of benzene rings is 1. The lowest BCUT2D eigenvalue weighted by Crippen LogP contribution is -2.18. The lowest BCUT2D eigenvalue weighted by atomic mass is 9.82. The van der Waals surface area contributed by atoms with E-state index in [2.05, 4.69) is 10.1 Å². The van der Waals surface area contributed by atoms with Crippen molar-refractivity contribution in [1.29, 1.82) is 0 Å². The number of carbonyl (C=O) groups excluding carboxylic acids is 1. The van der Waals surface area contributed by atoms with Crippen molar-refractivity contribution in [3.05, 3.63) is 29.3 Å². The fourth-order valence-corrected chi connectivity index (χ4v) is 1.84. The zero-order chi connectivity index (χ0) is 14.6. The Balaban J connectivity index is 3.15. The van der Waals surface area contributed by atoms with Crippen LogP contribution >= 0.6 is 0 Å². The minimum atomic E-state index is -0.876. The van der Waals surface area contributed by atoms with Gasteiger partial charge in [0.1, 0.15) is 0 Å². The van der Waals surface area contributed by atoms with Gasteiger partial charge in [0.05, 0.1) is 13.5 Å². The van der Waals surface area contributed by atoms with Crippen LogP contribution in [0.5, 0.6) is 0 Å². The molecule has 0 aromatic heterocycles. The first-order chi connectivity index (χ1) is 8.74. The highest BCUT2D eigenvalue weighted by Crippen LogP contribution is 2.29. The SMILES string of the molecule is COC(=O)Nc1ccc(CC(=O)O)c(C(C)(C)C)c1. The second kappa shape index (κ2) is 5.73. The summed E-state index contributed by atoms with van der Waals surface area (Å²) in [4.78, 5) is 22.0. The highest BCUT2D eigenvalue weighted by molar-refractivity contribution is 5.85. The van der Waals surface area contributed by atoms with Crippen molar-refractivity contribution < 1.29 is 19.4 Å². The molecule has 0 unspecified atom stereocenters. The molecular formula is C14H19NO4. The summed E-state index contributed by atoms with van der Waals surface area (Å²) in [6.45, 7) is 5.99. The first kappa shape index (κ1) is 15.0. The smallest absolute Gasteiger partial charge is 0.411 e. The Hall–Kier alpha value is -2.04. The van der Waals surface area contributed by atoms with Crippen LogP contribution in [-0.4, -0.2) is 24.3 Å². The van der Waals surface area contributed by atoms with Crippen molar-refractivity contribution in [3.8, 4) is 0 Å². The topological polar surface area (TPSA) is 75.6 Å². The fourth-order valence-electron chi connectivity index (χ4n) is 1.84. The number of ether oxygens (including phenoxy) is 1. The highest BCUT2D eigenvalue weighted by Gasteiger charge is 2.20. The molecule has 0 spiro atoms. The predicted octanol–water partition coefficient (Wildman–Crippen LogP) is 2.79. The van der Waals surface area contributed by atoms with Crippen LogP contribution in [0.1, 0.15) is 31.9 Å². The van der Waals surface area contributed by atoms with Gasteiger partial charge in [0, 0.05) is 5.69 Å². The number of hydrogen-bond donors (Lipinski definition) is 2. The van der Waals surface area contributed by atoms with Crippen molar-refractivity contribution in [3.63, 3.8) is 0 Å². The van der Waals surface area contributed by atoms with E-state index in [1.165, 1.54) is 7.11 Å². The molecule has 0 saturated heterocycles. The van der Waals surface area contributed by atoms with E-state index in [4.69, 9.17) is 5.11 Å². The Bertz CT molecular complexity index is 489. The molecule has 1 rings (SSSR count). The van der Waals surface area contributed by atoms with Crippen LogP contribution < -0.4 is 5.32 Å². The van der Waals surface area contributed by atoms with Gasteiger partial charge in [0.2, 0.25) is 0 Å². The van der Waals surface area contributed by atoms with Gasteiger partial charge in [-0.15, -0.1) is 0 Å². The number of carboxylic acids is 1. The standard InChI is InChI=1S/C14H19NO4/c1-14(2,3)11-8-10(15-13(18)19-4)6-5-9(11)7-12(16)17/h5-6,8H,7H2,1-4H3,(H,15,18)(H,16,17). The third kappa shape index (κ3) is 4.28. The van der Waals surface area contributed by atoms with Crippen LogP contribution in [0, 0.1) is 0 Å². The van der Waals surface area contributed by atoms with Crippen LogP contribution in [0.25, 0.3) is 0 Å². The Morgan fingerprint density at radius 3 is 2.42 bits per heavy atom. The van der Waals surface area contributed by atoms with Gasteiger partial charge in [0.15, 0.2) is 0 Å². The Kier molecular flexibility index (Phi) is 4.53. The number of aliphatic carboxylic acids is 1. The van der Waals surface area contributed by atoms with Gasteiger partial charge < -0.3 is 9.84 Å². The first-order valence-corrected chi connectivity index (χ1v) is 5.94. The molecule has 0 atom stereocenters.